The topological polar surface area (TPSA) is 73.7 Å². The number of pyridine rings is 1. The van der Waals surface area contributed by atoms with Gasteiger partial charge in [0.1, 0.15) is 21.4 Å². The van der Waals surface area contributed by atoms with Crippen LogP contribution in [0.1, 0.15) is 20.8 Å². The molecule has 186 valence electrons. The number of hydrogen-bond donors (Lipinski definition) is 0. The van der Waals surface area contributed by atoms with E-state index in [-0.39, 0.29) is 17.4 Å². The molecule has 1 aliphatic heterocycles. The van der Waals surface area contributed by atoms with Crippen LogP contribution in [0.4, 0.5) is 9.18 Å². The number of hydrogen-bond acceptors (Lipinski definition) is 6. The molecule has 1 saturated heterocycles. The van der Waals surface area contributed by atoms with E-state index in [9.17, 15) is 14.0 Å². The molecule has 0 saturated carbocycles. The van der Waals surface area contributed by atoms with Gasteiger partial charge in [-0.15, -0.1) is 11.3 Å². The Labute approximate surface area is 215 Å². The van der Waals surface area contributed by atoms with Crippen molar-refractivity contribution in [2.75, 3.05) is 13.1 Å². The minimum atomic E-state index is -0.596. The first-order chi connectivity index (χ1) is 17.1. The molecule has 1 aliphatic rings. The number of rotatable bonds is 4. The molecule has 36 heavy (non-hydrogen) atoms. The van der Waals surface area contributed by atoms with E-state index < -0.39 is 17.5 Å². The highest BCUT2D eigenvalue weighted by molar-refractivity contribution is 7.21. The Morgan fingerprint density at radius 1 is 1.14 bits per heavy atom. The van der Waals surface area contributed by atoms with Crippen molar-refractivity contribution in [1.82, 2.24) is 14.5 Å². The largest absolute Gasteiger partial charge is 0.484 e. The lowest BCUT2D eigenvalue weighted by molar-refractivity contribution is -0.0229. The molecule has 0 atom stereocenters. The Hall–Kier alpha value is -3.43. The molecule has 0 unspecified atom stereocenters. The van der Waals surface area contributed by atoms with Gasteiger partial charge in [0, 0.05) is 22.8 Å². The van der Waals surface area contributed by atoms with Crippen molar-refractivity contribution < 1.29 is 18.7 Å². The van der Waals surface area contributed by atoms with E-state index in [1.54, 1.807) is 51.2 Å². The van der Waals surface area contributed by atoms with Gasteiger partial charge in [-0.3, -0.25) is 9.36 Å². The third-order valence-corrected chi connectivity index (χ3v) is 6.89. The quantitative estimate of drug-likeness (QED) is 0.330. The first-order valence-electron chi connectivity index (χ1n) is 11.3. The number of aromatic nitrogens is 2. The summed E-state index contributed by atoms with van der Waals surface area (Å²) >= 11 is 7.24. The number of fused-ring (bicyclic) bond motifs is 1. The predicted octanol–water partition coefficient (Wildman–Crippen LogP) is 5.90. The molecule has 0 bridgehead atoms. The highest BCUT2D eigenvalue weighted by atomic mass is 35.5. The van der Waals surface area contributed by atoms with E-state index in [4.69, 9.17) is 21.1 Å². The third kappa shape index (κ3) is 4.94. The van der Waals surface area contributed by atoms with Gasteiger partial charge in [-0.05, 0) is 51.1 Å². The summed E-state index contributed by atoms with van der Waals surface area (Å²) in [5, 5.41) is 1.32. The van der Waals surface area contributed by atoms with Gasteiger partial charge in [0.2, 0.25) is 0 Å². The molecule has 4 aromatic rings. The standard InChI is InChI=1S/C26H23ClFN3O4S/c1-26(2,3)35-25(33)30-13-18(14-30)34-21-9-8-17(12-19(21)28)31-11-10-20-22(24(31)32)36-23(29-20)15-4-6-16(27)7-5-15/h4-12,18H,13-14H2,1-3H3. The Morgan fingerprint density at radius 3 is 2.53 bits per heavy atom. The second kappa shape index (κ2) is 9.22. The van der Waals surface area contributed by atoms with E-state index in [1.165, 1.54) is 32.9 Å². The van der Waals surface area contributed by atoms with Crippen LogP contribution >= 0.6 is 22.9 Å². The summed E-state index contributed by atoms with van der Waals surface area (Å²) in [6, 6.07) is 13.3. The molecule has 1 amide bonds. The van der Waals surface area contributed by atoms with Crippen LogP contribution in [-0.4, -0.2) is 45.3 Å². The zero-order valence-electron chi connectivity index (χ0n) is 19.8. The Kier molecular flexibility index (Phi) is 6.22. The Morgan fingerprint density at radius 2 is 1.86 bits per heavy atom. The molecule has 7 nitrogen and oxygen atoms in total. The maximum atomic E-state index is 14.9. The average Bonchev–Trinajstić information content (AvgIpc) is 3.21. The van der Waals surface area contributed by atoms with Gasteiger partial charge in [-0.2, -0.15) is 0 Å². The van der Waals surface area contributed by atoms with Crippen molar-refractivity contribution in [1.29, 1.82) is 0 Å². The molecule has 0 aliphatic carbocycles. The fourth-order valence-electron chi connectivity index (χ4n) is 3.74. The van der Waals surface area contributed by atoms with E-state index in [0.29, 0.717) is 39.0 Å². The summed E-state index contributed by atoms with van der Waals surface area (Å²) in [6.07, 6.45) is 0.825. The summed E-state index contributed by atoms with van der Waals surface area (Å²) in [6.45, 7) is 6.02. The second-order valence-electron chi connectivity index (χ2n) is 9.47. The van der Waals surface area contributed by atoms with Gasteiger partial charge in [0.25, 0.3) is 5.56 Å². The molecule has 2 aromatic carbocycles. The molecule has 2 aromatic heterocycles. The van der Waals surface area contributed by atoms with Crippen LogP contribution in [0.15, 0.2) is 59.5 Å². The van der Waals surface area contributed by atoms with Crippen LogP contribution in [-0.2, 0) is 4.74 Å². The SMILES string of the molecule is CC(C)(C)OC(=O)N1CC(Oc2ccc(-n3ccc4nc(-c5ccc(Cl)cc5)sc4c3=O)cc2F)C1. The highest BCUT2D eigenvalue weighted by Gasteiger charge is 2.35. The fourth-order valence-corrected chi connectivity index (χ4v) is 4.86. The summed E-state index contributed by atoms with van der Waals surface area (Å²) in [5.41, 5.74) is 0.941. The van der Waals surface area contributed by atoms with Crippen LogP contribution in [0.2, 0.25) is 5.02 Å². The molecule has 0 N–H and O–H groups in total. The number of halogens is 2. The number of ether oxygens (including phenoxy) is 2. The van der Waals surface area contributed by atoms with Gasteiger partial charge in [0.05, 0.1) is 24.3 Å². The summed E-state index contributed by atoms with van der Waals surface area (Å²) in [7, 11) is 0. The van der Waals surface area contributed by atoms with Gasteiger partial charge in [-0.25, -0.2) is 14.2 Å². The number of carbonyl (C=O) groups is 1. The molecule has 1 fully saturated rings. The lowest BCUT2D eigenvalue weighted by atomic mass is 10.1. The number of carbonyl (C=O) groups excluding carboxylic acids is 1. The van der Waals surface area contributed by atoms with E-state index in [0.717, 1.165) is 5.56 Å². The molecule has 10 heteroatoms. The summed E-state index contributed by atoms with van der Waals surface area (Å²) in [5.74, 6) is -0.536. The first-order valence-corrected chi connectivity index (χ1v) is 12.5. The first kappa shape index (κ1) is 24.3. The van der Waals surface area contributed by atoms with Crippen molar-refractivity contribution in [2.45, 2.75) is 32.5 Å². The van der Waals surface area contributed by atoms with Crippen LogP contribution in [0.3, 0.4) is 0 Å². The minimum Gasteiger partial charge on any atom is -0.484 e. The molecular formula is C26H23ClFN3O4S. The van der Waals surface area contributed by atoms with Gasteiger partial charge in [0.15, 0.2) is 11.6 Å². The zero-order chi connectivity index (χ0) is 25.6. The molecule has 0 spiro atoms. The Bertz CT molecular complexity index is 1500. The Balaban J connectivity index is 1.32. The number of benzene rings is 2. The average molecular weight is 528 g/mol. The van der Waals surface area contributed by atoms with Crippen LogP contribution in [0.5, 0.6) is 5.75 Å². The molecule has 5 rings (SSSR count). The van der Waals surface area contributed by atoms with Crippen LogP contribution in [0, 0.1) is 5.82 Å². The number of thiazole rings is 1. The summed E-state index contributed by atoms with van der Waals surface area (Å²) < 4.78 is 27.8. The van der Waals surface area contributed by atoms with Crippen molar-refractivity contribution in [3.63, 3.8) is 0 Å². The van der Waals surface area contributed by atoms with Crippen molar-refractivity contribution in [3.05, 3.63) is 75.9 Å². The molecule has 0 radical (unpaired) electrons. The van der Waals surface area contributed by atoms with Crippen molar-refractivity contribution >= 4 is 39.2 Å². The third-order valence-electron chi connectivity index (χ3n) is 5.53. The molecule has 3 heterocycles. The van der Waals surface area contributed by atoms with E-state index >= 15 is 0 Å². The van der Waals surface area contributed by atoms with E-state index in [2.05, 4.69) is 4.98 Å². The van der Waals surface area contributed by atoms with Crippen molar-refractivity contribution in [3.8, 4) is 22.0 Å². The lowest BCUT2D eigenvalue weighted by Gasteiger charge is -2.39. The van der Waals surface area contributed by atoms with Gasteiger partial charge >= 0.3 is 6.09 Å². The number of likely N-dealkylation sites (tertiary alicyclic amines) is 1. The zero-order valence-corrected chi connectivity index (χ0v) is 21.4. The maximum absolute atomic E-state index is 14.9. The van der Waals surface area contributed by atoms with Gasteiger partial charge < -0.3 is 14.4 Å². The van der Waals surface area contributed by atoms with Gasteiger partial charge in [-0.1, -0.05) is 23.7 Å². The highest BCUT2D eigenvalue weighted by Crippen LogP contribution is 2.30. The fraction of sp³-hybridized carbons (Fsp3) is 0.269. The van der Waals surface area contributed by atoms with Crippen LogP contribution in [0.25, 0.3) is 26.5 Å². The lowest BCUT2D eigenvalue weighted by Crippen LogP contribution is -2.57. The number of nitrogens with zero attached hydrogens (tertiary/aromatic N) is 3. The normalized spacial score (nSPS) is 14.1. The summed E-state index contributed by atoms with van der Waals surface area (Å²) in [4.78, 5) is 31.3. The smallest absolute Gasteiger partial charge is 0.410 e. The van der Waals surface area contributed by atoms with Crippen LogP contribution < -0.4 is 10.3 Å². The minimum absolute atomic E-state index is 0.0598. The van der Waals surface area contributed by atoms with E-state index in [1.807, 2.05) is 12.1 Å². The number of amides is 1. The monoisotopic (exact) mass is 527 g/mol. The predicted molar refractivity (Wildman–Crippen MR) is 138 cm³/mol. The molecular weight excluding hydrogens is 505 g/mol. The second-order valence-corrected chi connectivity index (χ2v) is 10.9. The van der Waals surface area contributed by atoms with Crippen molar-refractivity contribution in [2.24, 2.45) is 0 Å². The maximum Gasteiger partial charge on any atom is 0.410 e.